The number of anilines is 1. The average Bonchev–Trinajstić information content (AvgIpc) is 3.27. The Morgan fingerprint density at radius 2 is 1.87 bits per heavy atom. The van der Waals surface area contributed by atoms with Gasteiger partial charge >= 0.3 is 0 Å². The third-order valence-corrected chi connectivity index (χ3v) is 6.55. The van der Waals surface area contributed by atoms with Gasteiger partial charge in [-0.15, -0.1) is 16.4 Å². The average molecular weight is 493 g/mol. The summed E-state index contributed by atoms with van der Waals surface area (Å²) in [6, 6.07) is 12.5. The molecule has 0 saturated heterocycles. The lowest BCUT2D eigenvalue weighted by molar-refractivity contribution is 0.102. The summed E-state index contributed by atoms with van der Waals surface area (Å²) in [4.78, 5) is 18.3. The van der Waals surface area contributed by atoms with E-state index in [4.69, 9.17) is 34.8 Å². The van der Waals surface area contributed by atoms with Crippen LogP contribution in [0.25, 0.3) is 5.69 Å². The molecule has 0 aliphatic heterocycles. The second-order valence-corrected chi connectivity index (χ2v) is 9.17. The second kappa shape index (κ2) is 8.96. The molecule has 2 aromatic heterocycles. The molecule has 2 aromatic carbocycles. The summed E-state index contributed by atoms with van der Waals surface area (Å²) in [5, 5.41) is 13.3. The van der Waals surface area contributed by atoms with Crippen LogP contribution in [0.15, 0.2) is 42.5 Å². The van der Waals surface area contributed by atoms with Crippen LogP contribution in [-0.2, 0) is 6.42 Å². The number of nitrogens with zero attached hydrogens (tertiary/aromatic N) is 4. The SMILES string of the molecule is Cc1nc(NC(=O)c2nnn(-c3cccc(Cl)c3)c2C)sc1Cc1cc(Cl)ccc1Cl. The molecule has 2 heterocycles. The van der Waals surface area contributed by atoms with Crippen molar-refractivity contribution in [3.63, 3.8) is 0 Å². The summed E-state index contributed by atoms with van der Waals surface area (Å²) in [5.74, 6) is -0.383. The normalized spacial score (nSPS) is 11.0. The molecule has 4 aromatic rings. The van der Waals surface area contributed by atoms with Gasteiger partial charge in [0.15, 0.2) is 10.8 Å². The van der Waals surface area contributed by atoms with Crippen LogP contribution >= 0.6 is 46.1 Å². The van der Waals surface area contributed by atoms with E-state index in [1.165, 1.54) is 11.3 Å². The first-order valence-electron chi connectivity index (χ1n) is 9.21. The number of rotatable bonds is 5. The van der Waals surface area contributed by atoms with Gasteiger partial charge in [0.05, 0.1) is 17.1 Å². The number of thiazole rings is 1. The standard InChI is InChI=1S/C21H16Cl3N5OS/c1-11-18(9-13-8-15(23)6-7-17(13)24)31-21(25-11)26-20(30)19-12(2)29(28-27-19)16-5-3-4-14(22)10-16/h3-8,10H,9H2,1-2H3,(H,25,26,30). The number of hydrogen-bond donors (Lipinski definition) is 1. The van der Waals surface area contributed by atoms with Crippen molar-refractivity contribution in [3.05, 3.63) is 85.1 Å². The molecule has 4 rings (SSSR count). The summed E-state index contributed by atoms with van der Waals surface area (Å²) < 4.78 is 1.57. The second-order valence-electron chi connectivity index (χ2n) is 6.81. The molecule has 158 valence electrons. The van der Waals surface area contributed by atoms with Crippen molar-refractivity contribution in [3.8, 4) is 5.69 Å². The van der Waals surface area contributed by atoms with Crippen molar-refractivity contribution in [2.45, 2.75) is 20.3 Å². The van der Waals surface area contributed by atoms with Crippen LogP contribution in [0.4, 0.5) is 5.13 Å². The van der Waals surface area contributed by atoms with Crippen LogP contribution in [0.2, 0.25) is 15.1 Å². The smallest absolute Gasteiger partial charge is 0.279 e. The Morgan fingerprint density at radius 1 is 1.10 bits per heavy atom. The molecule has 31 heavy (non-hydrogen) atoms. The van der Waals surface area contributed by atoms with E-state index in [1.807, 2.05) is 25.1 Å². The summed E-state index contributed by atoms with van der Waals surface area (Å²) in [6.45, 7) is 3.66. The van der Waals surface area contributed by atoms with E-state index in [0.29, 0.717) is 32.3 Å². The fourth-order valence-electron chi connectivity index (χ4n) is 3.05. The van der Waals surface area contributed by atoms with Gasteiger partial charge in [0.25, 0.3) is 5.91 Å². The number of carbonyl (C=O) groups is 1. The number of hydrogen-bond acceptors (Lipinski definition) is 5. The van der Waals surface area contributed by atoms with Crippen molar-refractivity contribution in [1.29, 1.82) is 0 Å². The monoisotopic (exact) mass is 491 g/mol. The summed E-state index contributed by atoms with van der Waals surface area (Å²) in [7, 11) is 0. The Bertz CT molecular complexity index is 1280. The molecule has 1 amide bonds. The van der Waals surface area contributed by atoms with Gasteiger partial charge in [0, 0.05) is 26.4 Å². The van der Waals surface area contributed by atoms with Crippen LogP contribution in [-0.4, -0.2) is 25.9 Å². The number of aromatic nitrogens is 4. The fraction of sp³-hybridized carbons (Fsp3) is 0.143. The zero-order chi connectivity index (χ0) is 22.1. The maximum Gasteiger partial charge on any atom is 0.279 e. The van der Waals surface area contributed by atoms with Crippen LogP contribution in [0.5, 0.6) is 0 Å². The molecular weight excluding hydrogens is 477 g/mol. The fourth-order valence-corrected chi connectivity index (χ4v) is 4.59. The lowest BCUT2D eigenvalue weighted by Gasteiger charge is -2.04. The van der Waals surface area contributed by atoms with E-state index in [0.717, 1.165) is 21.8 Å². The van der Waals surface area contributed by atoms with Gasteiger partial charge < -0.3 is 0 Å². The molecule has 6 nitrogen and oxygen atoms in total. The van der Waals surface area contributed by atoms with Gasteiger partial charge in [-0.2, -0.15) is 0 Å². The van der Waals surface area contributed by atoms with E-state index in [9.17, 15) is 4.79 Å². The van der Waals surface area contributed by atoms with Crippen LogP contribution in [0.3, 0.4) is 0 Å². The first kappa shape index (κ1) is 21.8. The molecule has 0 radical (unpaired) electrons. The van der Waals surface area contributed by atoms with Crippen LogP contribution in [0, 0.1) is 13.8 Å². The van der Waals surface area contributed by atoms with E-state index in [-0.39, 0.29) is 11.6 Å². The molecule has 0 unspecified atom stereocenters. The zero-order valence-electron chi connectivity index (χ0n) is 16.5. The number of benzene rings is 2. The minimum Gasteiger partial charge on any atom is -0.296 e. The quantitative estimate of drug-likeness (QED) is 0.363. The van der Waals surface area contributed by atoms with E-state index in [2.05, 4.69) is 20.6 Å². The molecule has 0 fully saturated rings. The van der Waals surface area contributed by atoms with E-state index < -0.39 is 0 Å². The van der Waals surface area contributed by atoms with Gasteiger partial charge in [-0.25, -0.2) is 9.67 Å². The highest BCUT2D eigenvalue weighted by molar-refractivity contribution is 7.15. The highest BCUT2D eigenvalue weighted by atomic mass is 35.5. The molecule has 0 saturated carbocycles. The van der Waals surface area contributed by atoms with Crippen molar-refractivity contribution in [1.82, 2.24) is 20.0 Å². The van der Waals surface area contributed by atoms with Gasteiger partial charge in [-0.3, -0.25) is 10.1 Å². The highest BCUT2D eigenvalue weighted by Gasteiger charge is 2.20. The lowest BCUT2D eigenvalue weighted by atomic mass is 10.1. The van der Waals surface area contributed by atoms with Gasteiger partial charge in [-0.1, -0.05) is 46.1 Å². The third kappa shape index (κ3) is 4.75. The first-order valence-corrected chi connectivity index (χ1v) is 11.2. The zero-order valence-corrected chi connectivity index (χ0v) is 19.6. The third-order valence-electron chi connectivity index (χ3n) is 4.63. The van der Waals surface area contributed by atoms with Crippen molar-refractivity contribution in [2.75, 3.05) is 5.32 Å². The van der Waals surface area contributed by atoms with Crippen molar-refractivity contribution >= 4 is 57.2 Å². The topological polar surface area (TPSA) is 72.7 Å². The van der Waals surface area contributed by atoms with Crippen LogP contribution in [0.1, 0.15) is 32.3 Å². The number of nitrogens with one attached hydrogen (secondary N) is 1. The molecule has 0 aliphatic rings. The number of halogens is 3. The molecular formula is C21H16Cl3N5OS. The highest BCUT2D eigenvalue weighted by Crippen LogP contribution is 2.29. The maximum atomic E-state index is 12.8. The van der Waals surface area contributed by atoms with E-state index in [1.54, 1.807) is 35.9 Å². The van der Waals surface area contributed by atoms with Gasteiger partial charge in [0.1, 0.15) is 0 Å². The molecule has 1 N–H and O–H groups in total. The number of amides is 1. The predicted molar refractivity (Wildman–Crippen MR) is 125 cm³/mol. The summed E-state index contributed by atoms with van der Waals surface area (Å²) in [6.07, 6.45) is 0.572. The van der Waals surface area contributed by atoms with Gasteiger partial charge in [0.2, 0.25) is 0 Å². The molecule has 0 aliphatic carbocycles. The Balaban J connectivity index is 1.53. The van der Waals surface area contributed by atoms with Crippen molar-refractivity contribution < 1.29 is 4.79 Å². The first-order chi connectivity index (χ1) is 14.8. The Hall–Kier alpha value is -2.45. The van der Waals surface area contributed by atoms with Crippen LogP contribution < -0.4 is 5.32 Å². The molecule has 0 atom stereocenters. The Kier molecular flexibility index (Phi) is 6.29. The summed E-state index contributed by atoms with van der Waals surface area (Å²) >= 11 is 19.8. The summed E-state index contributed by atoms with van der Waals surface area (Å²) in [5.41, 5.74) is 3.25. The Labute approximate surface area is 197 Å². The lowest BCUT2D eigenvalue weighted by Crippen LogP contribution is -2.14. The number of carbonyl (C=O) groups excluding carboxylic acids is 1. The van der Waals surface area contributed by atoms with Crippen molar-refractivity contribution in [2.24, 2.45) is 0 Å². The number of aryl methyl sites for hydroxylation is 1. The van der Waals surface area contributed by atoms with Gasteiger partial charge in [-0.05, 0) is 55.8 Å². The largest absolute Gasteiger partial charge is 0.296 e. The minimum absolute atomic E-state index is 0.215. The Morgan fingerprint density at radius 3 is 2.65 bits per heavy atom. The maximum absolute atomic E-state index is 12.8. The van der Waals surface area contributed by atoms with E-state index >= 15 is 0 Å². The molecule has 10 heteroatoms. The predicted octanol–water partition coefficient (Wildman–Crippen LogP) is 6.14. The minimum atomic E-state index is -0.383. The molecule has 0 spiro atoms. The molecule has 0 bridgehead atoms.